The molecule has 0 aromatic carbocycles. The molecule has 0 bridgehead atoms. The summed E-state index contributed by atoms with van der Waals surface area (Å²) < 4.78 is 0. The monoisotopic (exact) mass is 297 g/mol. The van der Waals surface area contributed by atoms with Gasteiger partial charge in [0.2, 0.25) is 0 Å². The average Bonchev–Trinajstić information content (AvgIpc) is 2.46. The van der Waals surface area contributed by atoms with Gasteiger partial charge in [0, 0.05) is 12.0 Å². The van der Waals surface area contributed by atoms with Gasteiger partial charge < -0.3 is 10.8 Å². The zero-order chi connectivity index (χ0) is 15.4. The third-order valence-electron chi connectivity index (χ3n) is 5.54. The van der Waals surface area contributed by atoms with Gasteiger partial charge in [-0.3, -0.25) is 0 Å². The highest BCUT2D eigenvalue weighted by atomic mass is 16.3. The summed E-state index contributed by atoms with van der Waals surface area (Å²) >= 11 is 0. The molecule has 1 aliphatic rings. The molecule has 1 saturated carbocycles. The molecule has 1 unspecified atom stereocenters. The van der Waals surface area contributed by atoms with Crippen LogP contribution in [0.2, 0.25) is 0 Å². The van der Waals surface area contributed by atoms with E-state index in [0.717, 1.165) is 19.3 Å². The quantitative estimate of drug-likeness (QED) is 0.546. The Morgan fingerprint density at radius 1 is 0.857 bits per heavy atom. The molecule has 126 valence electrons. The molecule has 0 spiro atoms. The van der Waals surface area contributed by atoms with Gasteiger partial charge in [0.15, 0.2) is 0 Å². The second kappa shape index (κ2) is 11.5. The SMILES string of the molecule is CCCCCCCCCC(O)C1(CN)CCCCCCC1. The lowest BCUT2D eigenvalue weighted by molar-refractivity contribution is 0.00294. The maximum Gasteiger partial charge on any atom is 0.0608 e. The molecule has 3 N–H and O–H groups in total. The van der Waals surface area contributed by atoms with Crippen LogP contribution in [0.15, 0.2) is 0 Å². The molecule has 0 aliphatic heterocycles. The highest BCUT2D eigenvalue weighted by molar-refractivity contribution is 4.88. The molecule has 1 atom stereocenters. The Labute approximate surface area is 132 Å². The highest BCUT2D eigenvalue weighted by Crippen LogP contribution is 2.38. The summed E-state index contributed by atoms with van der Waals surface area (Å²) in [7, 11) is 0. The molecule has 0 heterocycles. The fraction of sp³-hybridized carbons (Fsp3) is 1.00. The first kappa shape index (κ1) is 19.0. The van der Waals surface area contributed by atoms with Crippen molar-refractivity contribution < 1.29 is 5.11 Å². The van der Waals surface area contributed by atoms with E-state index in [1.165, 1.54) is 77.0 Å². The van der Waals surface area contributed by atoms with Crippen molar-refractivity contribution in [1.29, 1.82) is 0 Å². The van der Waals surface area contributed by atoms with Crippen molar-refractivity contribution in [3.63, 3.8) is 0 Å². The molecule has 1 rings (SSSR count). The first-order chi connectivity index (χ1) is 10.2. The van der Waals surface area contributed by atoms with Crippen LogP contribution < -0.4 is 5.73 Å². The Kier molecular flexibility index (Phi) is 10.4. The van der Waals surface area contributed by atoms with Gasteiger partial charge in [-0.1, -0.05) is 84.0 Å². The number of hydrogen-bond acceptors (Lipinski definition) is 2. The van der Waals surface area contributed by atoms with E-state index < -0.39 is 0 Å². The Bertz CT molecular complexity index is 234. The summed E-state index contributed by atoms with van der Waals surface area (Å²) in [5.74, 6) is 0. The Balaban J connectivity index is 2.24. The van der Waals surface area contributed by atoms with Crippen LogP contribution in [0, 0.1) is 5.41 Å². The number of unbranched alkanes of at least 4 members (excludes halogenated alkanes) is 6. The fourth-order valence-electron chi connectivity index (χ4n) is 3.88. The van der Waals surface area contributed by atoms with Crippen LogP contribution in [0.4, 0.5) is 0 Å². The van der Waals surface area contributed by atoms with Crippen LogP contribution in [-0.2, 0) is 0 Å². The topological polar surface area (TPSA) is 46.2 Å². The lowest BCUT2D eigenvalue weighted by Crippen LogP contribution is -2.42. The maximum atomic E-state index is 10.7. The minimum Gasteiger partial charge on any atom is -0.393 e. The standard InChI is InChI=1S/C19H39NO/c1-2-3-4-5-6-8-11-14-18(21)19(17-20)15-12-9-7-10-13-16-19/h18,21H,2-17,20H2,1H3. The molecule has 0 radical (unpaired) electrons. The first-order valence-corrected chi connectivity index (χ1v) is 9.63. The summed E-state index contributed by atoms with van der Waals surface area (Å²) in [4.78, 5) is 0. The van der Waals surface area contributed by atoms with E-state index in [1.54, 1.807) is 0 Å². The fourth-order valence-corrected chi connectivity index (χ4v) is 3.88. The third-order valence-corrected chi connectivity index (χ3v) is 5.54. The zero-order valence-electron chi connectivity index (χ0n) is 14.4. The van der Waals surface area contributed by atoms with Gasteiger partial charge >= 0.3 is 0 Å². The minimum atomic E-state index is -0.170. The molecule has 0 saturated heterocycles. The number of nitrogens with two attached hydrogens (primary N) is 1. The zero-order valence-corrected chi connectivity index (χ0v) is 14.4. The molecule has 0 aromatic heterocycles. The van der Waals surface area contributed by atoms with E-state index in [-0.39, 0.29) is 11.5 Å². The van der Waals surface area contributed by atoms with E-state index in [4.69, 9.17) is 5.73 Å². The maximum absolute atomic E-state index is 10.7. The molecule has 2 heteroatoms. The van der Waals surface area contributed by atoms with E-state index in [9.17, 15) is 5.11 Å². The number of aliphatic hydroxyl groups excluding tert-OH is 1. The summed E-state index contributed by atoms with van der Waals surface area (Å²) in [5, 5.41) is 10.7. The summed E-state index contributed by atoms with van der Waals surface area (Å²) in [5.41, 5.74) is 6.12. The minimum absolute atomic E-state index is 0.0304. The van der Waals surface area contributed by atoms with Crippen molar-refractivity contribution in [2.45, 2.75) is 109 Å². The van der Waals surface area contributed by atoms with Crippen LogP contribution in [0.25, 0.3) is 0 Å². The van der Waals surface area contributed by atoms with Gasteiger partial charge in [0.25, 0.3) is 0 Å². The van der Waals surface area contributed by atoms with Gasteiger partial charge in [-0.15, -0.1) is 0 Å². The van der Waals surface area contributed by atoms with Crippen LogP contribution >= 0.6 is 0 Å². The molecule has 0 aromatic rings. The highest BCUT2D eigenvalue weighted by Gasteiger charge is 2.35. The number of aliphatic hydroxyl groups is 1. The predicted molar refractivity (Wildman–Crippen MR) is 92.4 cm³/mol. The molecule has 1 fully saturated rings. The van der Waals surface area contributed by atoms with E-state index in [0.29, 0.717) is 6.54 Å². The van der Waals surface area contributed by atoms with Gasteiger partial charge in [-0.25, -0.2) is 0 Å². The smallest absolute Gasteiger partial charge is 0.0608 e. The Morgan fingerprint density at radius 2 is 1.38 bits per heavy atom. The average molecular weight is 298 g/mol. The second-order valence-corrected chi connectivity index (χ2v) is 7.26. The van der Waals surface area contributed by atoms with Crippen LogP contribution in [0.3, 0.4) is 0 Å². The predicted octanol–water partition coefficient (Wildman–Crippen LogP) is 5.18. The largest absolute Gasteiger partial charge is 0.393 e. The van der Waals surface area contributed by atoms with Crippen molar-refractivity contribution >= 4 is 0 Å². The summed E-state index contributed by atoms with van der Waals surface area (Å²) in [6, 6.07) is 0. The van der Waals surface area contributed by atoms with E-state index >= 15 is 0 Å². The van der Waals surface area contributed by atoms with Crippen molar-refractivity contribution in [3.8, 4) is 0 Å². The van der Waals surface area contributed by atoms with Crippen LogP contribution in [0.5, 0.6) is 0 Å². The van der Waals surface area contributed by atoms with Crippen molar-refractivity contribution in [2.24, 2.45) is 11.1 Å². The van der Waals surface area contributed by atoms with Crippen molar-refractivity contribution in [3.05, 3.63) is 0 Å². The van der Waals surface area contributed by atoms with Gasteiger partial charge in [0.1, 0.15) is 0 Å². The van der Waals surface area contributed by atoms with Crippen molar-refractivity contribution in [1.82, 2.24) is 0 Å². The molecular weight excluding hydrogens is 258 g/mol. The molecular formula is C19H39NO. The molecule has 1 aliphatic carbocycles. The van der Waals surface area contributed by atoms with Crippen LogP contribution in [-0.4, -0.2) is 17.8 Å². The first-order valence-electron chi connectivity index (χ1n) is 9.63. The molecule has 21 heavy (non-hydrogen) atoms. The van der Waals surface area contributed by atoms with Crippen molar-refractivity contribution in [2.75, 3.05) is 6.54 Å². The van der Waals surface area contributed by atoms with Crippen LogP contribution in [0.1, 0.15) is 103 Å². The normalized spacial score (nSPS) is 20.7. The summed E-state index contributed by atoms with van der Waals surface area (Å²) in [6.45, 7) is 2.93. The van der Waals surface area contributed by atoms with Gasteiger partial charge in [-0.2, -0.15) is 0 Å². The lowest BCUT2D eigenvalue weighted by Gasteiger charge is -2.39. The lowest BCUT2D eigenvalue weighted by atomic mass is 9.71. The molecule has 0 amide bonds. The molecule has 2 nitrogen and oxygen atoms in total. The van der Waals surface area contributed by atoms with E-state index in [2.05, 4.69) is 6.92 Å². The summed E-state index contributed by atoms with van der Waals surface area (Å²) in [6.07, 6.45) is 18.8. The van der Waals surface area contributed by atoms with E-state index in [1.807, 2.05) is 0 Å². The number of rotatable bonds is 10. The Hall–Kier alpha value is -0.0800. The Morgan fingerprint density at radius 3 is 1.95 bits per heavy atom. The number of hydrogen-bond donors (Lipinski definition) is 2. The van der Waals surface area contributed by atoms with Gasteiger partial charge in [0.05, 0.1) is 6.10 Å². The second-order valence-electron chi connectivity index (χ2n) is 7.26. The third kappa shape index (κ3) is 7.15. The van der Waals surface area contributed by atoms with Gasteiger partial charge in [-0.05, 0) is 19.3 Å².